The highest BCUT2D eigenvalue weighted by atomic mass is 19.1. The lowest BCUT2D eigenvalue weighted by Crippen LogP contribution is -2.01. The molecule has 0 unspecified atom stereocenters. The van der Waals surface area contributed by atoms with Crippen LogP contribution in [0.25, 0.3) is 10.9 Å². The molecule has 0 bridgehead atoms. The molecule has 0 amide bonds. The summed E-state index contributed by atoms with van der Waals surface area (Å²) in [6.45, 7) is 2.88. The Labute approximate surface area is 105 Å². The van der Waals surface area contributed by atoms with Gasteiger partial charge in [0, 0.05) is 17.8 Å². The molecule has 0 aliphatic rings. The Balaban J connectivity index is 2.04. The molecule has 0 N–H and O–H groups in total. The summed E-state index contributed by atoms with van der Waals surface area (Å²) < 4.78 is 15.1. The zero-order chi connectivity index (χ0) is 12.5. The van der Waals surface area contributed by atoms with Gasteiger partial charge in [0.25, 0.3) is 0 Å². The molecular formula is C16H14FN. The van der Waals surface area contributed by atoms with Crippen molar-refractivity contribution in [2.24, 2.45) is 0 Å². The van der Waals surface area contributed by atoms with E-state index in [9.17, 15) is 4.39 Å². The quantitative estimate of drug-likeness (QED) is 0.633. The molecule has 1 aromatic heterocycles. The second kappa shape index (κ2) is 4.30. The molecule has 90 valence electrons. The van der Waals surface area contributed by atoms with Crippen LogP contribution in [0.3, 0.4) is 0 Å². The predicted octanol–water partition coefficient (Wildman–Crippen LogP) is 4.14. The second-order valence-electron chi connectivity index (χ2n) is 4.56. The fourth-order valence-electron chi connectivity index (χ4n) is 2.33. The Morgan fingerprint density at radius 1 is 1.00 bits per heavy atom. The van der Waals surface area contributed by atoms with Crippen LogP contribution in [0.1, 0.15) is 11.3 Å². The van der Waals surface area contributed by atoms with E-state index >= 15 is 0 Å². The summed E-state index contributed by atoms with van der Waals surface area (Å²) in [5, 5.41) is 1.25. The average Bonchev–Trinajstić information content (AvgIpc) is 2.69. The van der Waals surface area contributed by atoms with E-state index < -0.39 is 0 Å². The van der Waals surface area contributed by atoms with E-state index in [-0.39, 0.29) is 5.82 Å². The molecule has 18 heavy (non-hydrogen) atoms. The van der Waals surface area contributed by atoms with Crippen molar-refractivity contribution < 1.29 is 4.39 Å². The Morgan fingerprint density at radius 3 is 2.50 bits per heavy atom. The van der Waals surface area contributed by atoms with Crippen LogP contribution < -0.4 is 0 Å². The molecular weight excluding hydrogens is 225 g/mol. The highest BCUT2D eigenvalue weighted by Gasteiger charge is 2.05. The largest absolute Gasteiger partial charge is 0.340 e. The minimum atomic E-state index is -0.187. The zero-order valence-corrected chi connectivity index (χ0v) is 10.2. The van der Waals surface area contributed by atoms with Crippen LogP contribution in [-0.4, -0.2) is 4.57 Å². The number of halogens is 1. The van der Waals surface area contributed by atoms with Gasteiger partial charge in [0.05, 0.1) is 0 Å². The number of para-hydroxylation sites is 1. The van der Waals surface area contributed by atoms with Gasteiger partial charge in [-0.1, -0.05) is 30.3 Å². The van der Waals surface area contributed by atoms with Crippen molar-refractivity contribution in [1.82, 2.24) is 4.57 Å². The molecule has 0 atom stereocenters. The van der Waals surface area contributed by atoms with E-state index in [2.05, 4.69) is 29.7 Å². The molecule has 0 saturated heterocycles. The number of rotatable bonds is 2. The summed E-state index contributed by atoms with van der Waals surface area (Å²) in [7, 11) is 0. The summed E-state index contributed by atoms with van der Waals surface area (Å²) in [6, 6.07) is 17.2. The van der Waals surface area contributed by atoms with Crippen molar-refractivity contribution in [3.63, 3.8) is 0 Å². The van der Waals surface area contributed by atoms with Crippen LogP contribution in [0.15, 0.2) is 54.6 Å². The first-order valence-electron chi connectivity index (χ1n) is 6.03. The Hall–Kier alpha value is -2.09. The van der Waals surface area contributed by atoms with Crippen LogP contribution in [0.5, 0.6) is 0 Å². The third kappa shape index (κ3) is 1.90. The van der Waals surface area contributed by atoms with Crippen LogP contribution in [0.2, 0.25) is 0 Å². The predicted molar refractivity (Wildman–Crippen MR) is 72.2 cm³/mol. The summed E-state index contributed by atoms with van der Waals surface area (Å²) in [5.41, 5.74) is 3.56. The molecule has 0 aliphatic heterocycles. The van der Waals surface area contributed by atoms with Gasteiger partial charge in [-0.3, -0.25) is 0 Å². The highest BCUT2D eigenvalue weighted by Crippen LogP contribution is 2.20. The minimum Gasteiger partial charge on any atom is -0.340 e. The van der Waals surface area contributed by atoms with Gasteiger partial charge in [-0.05, 0) is 42.1 Å². The normalized spacial score (nSPS) is 11.0. The Bertz CT molecular complexity index is 680. The molecule has 0 fully saturated rings. The van der Waals surface area contributed by atoms with Gasteiger partial charge in [-0.2, -0.15) is 0 Å². The maximum atomic E-state index is 12.9. The zero-order valence-electron chi connectivity index (χ0n) is 10.2. The third-order valence-corrected chi connectivity index (χ3v) is 3.27. The van der Waals surface area contributed by atoms with Gasteiger partial charge < -0.3 is 4.57 Å². The van der Waals surface area contributed by atoms with E-state index in [0.717, 1.165) is 12.1 Å². The fraction of sp³-hybridized carbons (Fsp3) is 0.125. The van der Waals surface area contributed by atoms with Gasteiger partial charge in [0.2, 0.25) is 0 Å². The molecule has 3 rings (SSSR count). The van der Waals surface area contributed by atoms with Gasteiger partial charge in [0.1, 0.15) is 5.82 Å². The van der Waals surface area contributed by atoms with Crippen LogP contribution in [0.4, 0.5) is 4.39 Å². The molecule has 1 nitrogen and oxygen atoms in total. The van der Waals surface area contributed by atoms with E-state index in [1.54, 1.807) is 0 Å². The van der Waals surface area contributed by atoms with Crippen molar-refractivity contribution in [2.45, 2.75) is 13.5 Å². The van der Waals surface area contributed by atoms with Crippen molar-refractivity contribution in [1.29, 1.82) is 0 Å². The number of hydrogen-bond donors (Lipinski definition) is 0. The lowest BCUT2D eigenvalue weighted by Gasteiger charge is -2.08. The summed E-state index contributed by atoms with van der Waals surface area (Å²) in [5.74, 6) is -0.187. The Kier molecular flexibility index (Phi) is 2.63. The third-order valence-electron chi connectivity index (χ3n) is 3.27. The summed E-state index contributed by atoms with van der Waals surface area (Å²) >= 11 is 0. The maximum Gasteiger partial charge on any atom is 0.123 e. The van der Waals surface area contributed by atoms with Crippen molar-refractivity contribution in [3.05, 3.63) is 71.7 Å². The van der Waals surface area contributed by atoms with Gasteiger partial charge in [-0.25, -0.2) is 4.39 Å². The minimum absolute atomic E-state index is 0.187. The smallest absolute Gasteiger partial charge is 0.123 e. The number of aromatic nitrogens is 1. The molecule has 2 aromatic carbocycles. The first-order valence-corrected chi connectivity index (χ1v) is 6.03. The van der Waals surface area contributed by atoms with E-state index in [1.165, 1.54) is 28.7 Å². The van der Waals surface area contributed by atoms with Crippen LogP contribution >= 0.6 is 0 Å². The summed E-state index contributed by atoms with van der Waals surface area (Å²) in [6.07, 6.45) is 0. The molecule has 0 aliphatic carbocycles. The van der Waals surface area contributed by atoms with Crippen molar-refractivity contribution in [2.75, 3.05) is 0 Å². The second-order valence-corrected chi connectivity index (χ2v) is 4.56. The molecule has 3 aromatic rings. The van der Waals surface area contributed by atoms with Crippen LogP contribution in [-0.2, 0) is 6.54 Å². The molecule has 1 heterocycles. The lowest BCUT2D eigenvalue weighted by atomic mass is 10.2. The number of benzene rings is 2. The van der Waals surface area contributed by atoms with E-state index in [4.69, 9.17) is 0 Å². The number of nitrogens with zero attached hydrogens (tertiary/aromatic N) is 1. The first-order chi connectivity index (χ1) is 8.74. The average molecular weight is 239 g/mol. The van der Waals surface area contributed by atoms with Crippen molar-refractivity contribution in [3.8, 4) is 0 Å². The van der Waals surface area contributed by atoms with Crippen molar-refractivity contribution >= 4 is 10.9 Å². The SMILES string of the molecule is Cc1cc2ccccc2n1Cc1ccc(F)cc1. The summed E-state index contributed by atoms with van der Waals surface area (Å²) in [4.78, 5) is 0. The topological polar surface area (TPSA) is 4.93 Å². The first kappa shape index (κ1) is 11.0. The molecule has 0 spiro atoms. The van der Waals surface area contributed by atoms with Crippen LogP contribution in [0, 0.1) is 12.7 Å². The number of hydrogen-bond acceptors (Lipinski definition) is 0. The van der Waals surface area contributed by atoms with E-state index in [1.807, 2.05) is 24.3 Å². The maximum absolute atomic E-state index is 12.9. The van der Waals surface area contributed by atoms with Gasteiger partial charge in [-0.15, -0.1) is 0 Å². The molecule has 0 saturated carbocycles. The lowest BCUT2D eigenvalue weighted by molar-refractivity contribution is 0.626. The fourth-order valence-corrected chi connectivity index (χ4v) is 2.33. The number of aryl methyl sites for hydroxylation is 1. The molecule has 2 heteroatoms. The van der Waals surface area contributed by atoms with Gasteiger partial charge in [0.15, 0.2) is 0 Å². The Morgan fingerprint density at radius 2 is 1.72 bits per heavy atom. The number of fused-ring (bicyclic) bond motifs is 1. The molecule has 0 radical (unpaired) electrons. The monoisotopic (exact) mass is 239 g/mol. The van der Waals surface area contributed by atoms with E-state index in [0.29, 0.717) is 0 Å². The standard InChI is InChI=1S/C16H14FN/c1-12-10-14-4-2-3-5-16(14)18(12)11-13-6-8-15(17)9-7-13/h2-10H,11H2,1H3. The van der Waals surface area contributed by atoms with Gasteiger partial charge >= 0.3 is 0 Å². The highest BCUT2D eigenvalue weighted by molar-refractivity contribution is 5.81.